The molecule has 0 aliphatic heterocycles. The second kappa shape index (κ2) is 6.19. The molecule has 2 aromatic carbocycles. The van der Waals surface area contributed by atoms with Gasteiger partial charge in [-0.05, 0) is 31.5 Å². The summed E-state index contributed by atoms with van der Waals surface area (Å²) in [4.78, 5) is 12.5. The predicted molar refractivity (Wildman–Crippen MR) is 84.7 cm³/mol. The maximum atomic E-state index is 12.5. The van der Waals surface area contributed by atoms with Gasteiger partial charge in [0, 0.05) is 11.0 Å². The topological polar surface area (TPSA) is 40.9 Å². The summed E-state index contributed by atoms with van der Waals surface area (Å²) in [6.07, 6.45) is 3.83. The number of nitriles is 1. The second-order valence-corrected chi connectivity index (χ2v) is 5.48. The molecule has 0 heterocycles. The van der Waals surface area contributed by atoms with Gasteiger partial charge in [-0.25, -0.2) is 0 Å². The molecule has 0 fully saturated rings. The van der Waals surface area contributed by atoms with Crippen LogP contribution >= 0.6 is 0 Å². The first-order chi connectivity index (χ1) is 10.0. The average Bonchev–Trinajstić information content (AvgIpc) is 2.53. The zero-order chi connectivity index (χ0) is 15.3. The van der Waals surface area contributed by atoms with Crippen molar-refractivity contribution in [1.82, 2.24) is 0 Å². The molecule has 0 atom stereocenters. The molecule has 2 rings (SSSR count). The molecule has 0 spiro atoms. The number of allylic oxidation sites excluding steroid dienone is 1. The number of carbonyl (C=O) groups excluding carboxylic acids is 1. The van der Waals surface area contributed by atoms with Crippen molar-refractivity contribution in [3.05, 3.63) is 77.4 Å². The Hall–Kier alpha value is -2.66. The number of carbonyl (C=O) groups is 1. The Balaban J connectivity index is 2.18. The SMILES string of the molecule is CC(C)(/C=C/c1ccc(C#N)cc1)C(=O)c1ccccc1. The van der Waals surface area contributed by atoms with Crippen molar-refractivity contribution >= 4 is 11.9 Å². The van der Waals surface area contributed by atoms with E-state index in [0.29, 0.717) is 11.1 Å². The summed E-state index contributed by atoms with van der Waals surface area (Å²) in [5, 5.41) is 8.77. The molecule has 2 aromatic rings. The summed E-state index contributed by atoms with van der Waals surface area (Å²) in [5.41, 5.74) is 1.75. The minimum Gasteiger partial charge on any atom is -0.293 e. The van der Waals surface area contributed by atoms with Gasteiger partial charge in [0.15, 0.2) is 5.78 Å². The van der Waals surface area contributed by atoms with Gasteiger partial charge >= 0.3 is 0 Å². The highest BCUT2D eigenvalue weighted by molar-refractivity contribution is 6.01. The van der Waals surface area contributed by atoms with Gasteiger partial charge in [-0.2, -0.15) is 5.26 Å². The smallest absolute Gasteiger partial charge is 0.172 e. The molecule has 0 bridgehead atoms. The standard InChI is InChI=1S/C19H17NO/c1-19(2,18(21)17-6-4-3-5-7-17)13-12-15-8-10-16(14-20)11-9-15/h3-13H,1-2H3/b13-12+. The van der Waals surface area contributed by atoms with Gasteiger partial charge in [-0.3, -0.25) is 4.79 Å². The number of ketones is 1. The minimum absolute atomic E-state index is 0.0907. The largest absolute Gasteiger partial charge is 0.293 e. The first-order valence-electron chi connectivity index (χ1n) is 6.82. The van der Waals surface area contributed by atoms with Gasteiger partial charge in [0.25, 0.3) is 0 Å². The molecular formula is C19H17NO. The molecule has 0 amide bonds. The fraction of sp³-hybridized carbons (Fsp3) is 0.158. The van der Waals surface area contributed by atoms with E-state index in [1.54, 1.807) is 12.1 Å². The Morgan fingerprint density at radius 3 is 2.24 bits per heavy atom. The van der Waals surface area contributed by atoms with Gasteiger partial charge in [0.2, 0.25) is 0 Å². The summed E-state index contributed by atoms with van der Waals surface area (Å²) < 4.78 is 0. The van der Waals surface area contributed by atoms with Gasteiger partial charge < -0.3 is 0 Å². The molecule has 0 saturated carbocycles. The van der Waals surface area contributed by atoms with Crippen molar-refractivity contribution in [3.63, 3.8) is 0 Å². The van der Waals surface area contributed by atoms with Crippen molar-refractivity contribution in [2.24, 2.45) is 5.41 Å². The van der Waals surface area contributed by atoms with Crippen molar-refractivity contribution < 1.29 is 4.79 Å². The molecule has 2 nitrogen and oxygen atoms in total. The zero-order valence-electron chi connectivity index (χ0n) is 12.2. The third-order valence-electron chi connectivity index (χ3n) is 3.35. The Morgan fingerprint density at radius 2 is 1.67 bits per heavy atom. The van der Waals surface area contributed by atoms with E-state index in [-0.39, 0.29) is 5.78 Å². The molecule has 0 unspecified atom stereocenters. The van der Waals surface area contributed by atoms with E-state index in [1.807, 2.05) is 68.5 Å². The third kappa shape index (κ3) is 3.67. The molecule has 0 N–H and O–H groups in total. The third-order valence-corrected chi connectivity index (χ3v) is 3.35. The monoisotopic (exact) mass is 275 g/mol. The molecule has 104 valence electrons. The normalized spacial score (nSPS) is 11.3. The van der Waals surface area contributed by atoms with Gasteiger partial charge in [0.05, 0.1) is 11.6 Å². The molecule has 0 saturated heterocycles. The van der Waals surface area contributed by atoms with E-state index < -0.39 is 5.41 Å². The van der Waals surface area contributed by atoms with Gasteiger partial charge in [0.1, 0.15) is 0 Å². The van der Waals surface area contributed by atoms with Crippen molar-refractivity contribution in [3.8, 4) is 6.07 Å². The predicted octanol–water partition coefficient (Wildman–Crippen LogP) is 4.48. The van der Waals surface area contributed by atoms with Crippen LogP contribution in [-0.4, -0.2) is 5.78 Å². The van der Waals surface area contributed by atoms with Crippen LogP contribution in [0.5, 0.6) is 0 Å². The maximum Gasteiger partial charge on any atom is 0.172 e. The zero-order valence-corrected chi connectivity index (χ0v) is 12.2. The summed E-state index contributed by atoms with van der Waals surface area (Å²) >= 11 is 0. The van der Waals surface area contributed by atoms with Crippen LogP contribution in [0.3, 0.4) is 0 Å². The van der Waals surface area contributed by atoms with Crippen LogP contribution in [0, 0.1) is 16.7 Å². The lowest BCUT2D eigenvalue weighted by atomic mass is 9.83. The van der Waals surface area contributed by atoms with Crippen LogP contribution in [-0.2, 0) is 0 Å². The van der Waals surface area contributed by atoms with Crippen LogP contribution in [0.25, 0.3) is 6.08 Å². The number of Topliss-reactive ketones (excluding diaryl/α,β-unsaturated/α-hetero) is 1. The van der Waals surface area contributed by atoms with Crippen LogP contribution < -0.4 is 0 Å². The van der Waals surface area contributed by atoms with Crippen molar-refractivity contribution in [1.29, 1.82) is 5.26 Å². The van der Waals surface area contributed by atoms with E-state index in [4.69, 9.17) is 5.26 Å². The summed E-state index contributed by atoms with van der Waals surface area (Å²) in [7, 11) is 0. The Kier molecular flexibility index (Phi) is 4.35. The van der Waals surface area contributed by atoms with E-state index >= 15 is 0 Å². The molecule has 0 radical (unpaired) electrons. The molecule has 2 heteroatoms. The van der Waals surface area contributed by atoms with E-state index in [2.05, 4.69) is 6.07 Å². The number of hydrogen-bond acceptors (Lipinski definition) is 2. The Morgan fingerprint density at radius 1 is 1.05 bits per heavy atom. The summed E-state index contributed by atoms with van der Waals surface area (Å²) in [5.74, 6) is 0.0907. The van der Waals surface area contributed by atoms with Crippen LogP contribution in [0.1, 0.15) is 35.3 Å². The van der Waals surface area contributed by atoms with Crippen LogP contribution in [0.2, 0.25) is 0 Å². The van der Waals surface area contributed by atoms with E-state index in [9.17, 15) is 4.79 Å². The number of rotatable bonds is 4. The first-order valence-corrected chi connectivity index (χ1v) is 6.82. The molecule has 0 aromatic heterocycles. The molecular weight excluding hydrogens is 258 g/mol. The molecule has 0 aliphatic rings. The van der Waals surface area contributed by atoms with Gasteiger partial charge in [-0.15, -0.1) is 0 Å². The van der Waals surface area contributed by atoms with E-state index in [1.165, 1.54) is 0 Å². The quantitative estimate of drug-likeness (QED) is 0.772. The second-order valence-electron chi connectivity index (χ2n) is 5.48. The molecule has 21 heavy (non-hydrogen) atoms. The Bertz CT molecular complexity index is 689. The first kappa shape index (κ1) is 14.7. The highest BCUT2D eigenvalue weighted by atomic mass is 16.1. The van der Waals surface area contributed by atoms with Crippen molar-refractivity contribution in [2.45, 2.75) is 13.8 Å². The van der Waals surface area contributed by atoms with E-state index in [0.717, 1.165) is 5.56 Å². The molecule has 0 aliphatic carbocycles. The maximum absolute atomic E-state index is 12.5. The summed E-state index contributed by atoms with van der Waals surface area (Å²) in [6, 6.07) is 18.7. The highest BCUT2D eigenvalue weighted by Crippen LogP contribution is 2.24. The lowest BCUT2D eigenvalue weighted by molar-refractivity contribution is 0.0886. The summed E-state index contributed by atoms with van der Waals surface area (Å²) in [6.45, 7) is 3.81. The number of hydrogen-bond donors (Lipinski definition) is 0. The fourth-order valence-electron chi connectivity index (χ4n) is 2.01. The average molecular weight is 275 g/mol. The fourth-order valence-corrected chi connectivity index (χ4v) is 2.01. The number of benzene rings is 2. The Labute approximate surface area is 125 Å². The van der Waals surface area contributed by atoms with Gasteiger partial charge in [-0.1, -0.05) is 54.6 Å². The van der Waals surface area contributed by atoms with Crippen molar-refractivity contribution in [2.75, 3.05) is 0 Å². The number of nitrogens with zero attached hydrogens (tertiary/aromatic N) is 1. The highest BCUT2D eigenvalue weighted by Gasteiger charge is 2.25. The minimum atomic E-state index is -0.574. The van der Waals surface area contributed by atoms with Crippen LogP contribution in [0.15, 0.2) is 60.7 Å². The lowest BCUT2D eigenvalue weighted by Gasteiger charge is -2.18. The lowest BCUT2D eigenvalue weighted by Crippen LogP contribution is -2.21. The van der Waals surface area contributed by atoms with Crippen LogP contribution in [0.4, 0.5) is 0 Å².